The summed E-state index contributed by atoms with van der Waals surface area (Å²) in [6.45, 7) is 7.80. The standard InChI is InChI=1S/C18H22N8S/c1-18(2,3)15-10-27-16(25-15)13(9-19)14-5-7-22-17(24-14)21-6-4-8-26-12-20-11-23-26/h5,7,10-13H,4,6,8H2,1-3H3,(H,21,22,24). The number of hydrogen-bond donors (Lipinski definition) is 1. The van der Waals surface area contributed by atoms with Crippen LogP contribution in [0.2, 0.25) is 0 Å². The largest absolute Gasteiger partial charge is 0.354 e. The molecule has 0 saturated heterocycles. The average molecular weight is 382 g/mol. The SMILES string of the molecule is CC(C)(C)c1csc(C(C#N)c2ccnc(NCCCn3cncn3)n2)n1. The number of nitrogens with one attached hydrogen (secondary N) is 1. The fraction of sp³-hybridized carbons (Fsp3) is 0.444. The van der Waals surface area contributed by atoms with Crippen LogP contribution < -0.4 is 5.32 Å². The molecule has 3 heterocycles. The maximum Gasteiger partial charge on any atom is 0.222 e. The van der Waals surface area contributed by atoms with Crippen molar-refractivity contribution in [2.45, 2.75) is 45.1 Å². The third-order valence-corrected chi connectivity index (χ3v) is 4.86. The minimum absolute atomic E-state index is 0.0444. The number of nitrogens with zero attached hydrogens (tertiary/aromatic N) is 7. The molecule has 0 aliphatic carbocycles. The van der Waals surface area contributed by atoms with Crippen LogP contribution in [0.25, 0.3) is 0 Å². The Bertz CT molecular complexity index is 904. The Morgan fingerprint density at radius 3 is 2.85 bits per heavy atom. The molecule has 0 aromatic carbocycles. The van der Waals surface area contributed by atoms with Crippen molar-refractivity contribution in [3.63, 3.8) is 0 Å². The van der Waals surface area contributed by atoms with Gasteiger partial charge in [-0.25, -0.2) is 19.9 Å². The second-order valence-electron chi connectivity index (χ2n) is 7.13. The normalized spacial score (nSPS) is 12.5. The highest BCUT2D eigenvalue weighted by Crippen LogP contribution is 2.30. The molecule has 9 heteroatoms. The van der Waals surface area contributed by atoms with Crippen LogP contribution in [0.4, 0.5) is 5.95 Å². The molecule has 0 aliphatic heterocycles. The Kier molecular flexibility index (Phi) is 5.76. The molecular weight excluding hydrogens is 360 g/mol. The summed E-state index contributed by atoms with van der Waals surface area (Å²) in [5.41, 5.74) is 1.60. The van der Waals surface area contributed by atoms with Crippen molar-refractivity contribution in [2.24, 2.45) is 0 Å². The van der Waals surface area contributed by atoms with Crippen LogP contribution >= 0.6 is 11.3 Å². The van der Waals surface area contributed by atoms with E-state index in [2.05, 4.69) is 57.2 Å². The van der Waals surface area contributed by atoms with Gasteiger partial charge in [-0.3, -0.25) is 4.68 Å². The lowest BCUT2D eigenvalue weighted by molar-refractivity contribution is 0.570. The third kappa shape index (κ3) is 4.86. The molecule has 1 N–H and O–H groups in total. The van der Waals surface area contributed by atoms with Crippen LogP contribution in [-0.4, -0.2) is 36.3 Å². The quantitative estimate of drug-likeness (QED) is 0.626. The molecule has 0 bridgehead atoms. The Hall–Kier alpha value is -2.86. The van der Waals surface area contributed by atoms with Gasteiger partial charge in [-0.05, 0) is 12.5 Å². The van der Waals surface area contributed by atoms with E-state index in [1.165, 1.54) is 17.7 Å². The number of anilines is 1. The maximum absolute atomic E-state index is 9.68. The van der Waals surface area contributed by atoms with Crippen LogP contribution in [0.3, 0.4) is 0 Å². The summed E-state index contributed by atoms with van der Waals surface area (Å²) in [4.78, 5) is 17.3. The third-order valence-electron chi connectivity index (χ3n) is 3.95. The first-order chi connectivity index (χ1) is 13.0. The second kappa shape index (κ2) is 8.22. The lowest BCUT2D eigenvalue weighted by Crippen LogP contribution is -2.13. The monoisotopic (exact) mass is 382 g/mol. The number of aromatic nitrogens is 6. The Morgan fingerprint density at radius 1 is 1.33 bits per heavy atom. The number of aryl methyl sites for hydroxylation is 1. The average Bonchev–Trinajstić information content (AvgIpc) is 3.31. The summed E-state index contributed by atoms with van der Waals surface area (Å²) in [5.74, 6) is 0.0174. The van der Waals surface area contributed by atoms with Gasteiger partial charge in [0, 0.05) is 30.1 Å². The fourth-order valence-corrected chi connectivity index (χ4v) is 3.52. The first-order valence-corrected chi connectivity index (χ1v) is 9.60. The van der Waals surface area contributed by atoms with Gasteiger partial charge in [0.25, 0.3) is 0 Å². The van der Waals surface area contributed by atoms with Crippen molar-refractivity contribution < 1.29 is 0 Å². The molecule has 0 amide bonds. The molecule has 140 valence electrons. The zero-order chi connectivity index (χ0) is 19.3. The van der Waals surface area contributed by atoms with Crippen LogP contribution in [-0.2, 0) is 12.0 Å². The van der Waals surface area contributed by atoms with Crippen LogP contribution in [0.15, 0.2) is 30.3 Å². The fourth-order valence-electron chi connectivity index (χ4n) is 2.42. The molecule has 1 unspecified atom stereocenters. The molecule has 0 fully saturated rings. The molecule has 8 nitrogen and oxygen atoms in total. The van der Waals surface area contributed by atoms with E-state index in [4.69, 9.17) is 0 Å². The zero-order valence-electron chi connectivity index (χ0n) is 15.6. The summed E-state index contributed by atoms with van der Waals surface area (Å²) in [7, 11) is 0. The molecular formula is C18H22N8S. The lowest BCUT2D eigenvalue weighted by atomic mass is 9.93. The smallest absolute Gasteiger partial charge is 0.222 e. The first kappa shape index (κ1) is 18.9. The summed E-state index contributed by atoms with van der Waals surface area (Å²) in [6, 6.07) is 4.09. The van der Waals surface area contributed by atoms with E-state index >= 15 is 0 Å². The highest BCUT2D eigenvalue weighted by Gasteiger charge is 2.23. The number of hydrogen-bond acceptors (Lipinski definition) is 8. The van der Waals surface area contributed by atoms with Gasteiger partial charge in [0.05, 0.1) is 17.5 Å². The topological polar surface area (TPSA) is 105 Å². The molecule has 1 atom stereocenters. The van der Waals surface area contributed by atoms with E-state index in [9.17, 15) is 5.26 Å². The predicted molar refractivity (Wildman–Crippen MR) is 103 cm³/mol. The summed E-state index contributed by atoms with van der Waals surface area (Å²) in [6.07, 6.45) is 5.74. The maximum atomic E-state index is 9.68. The number of rotatable bonds is 7. The van der Waals surface area contributed by atoms with E-state index < -0.39 is 5.92 Å². The van der Waals surface area contributed by atoms with Gasteiger partial charge in [-0.15, -0.1) is 11.3 Å². The van der Waals surface area contributed by atoms with Crippen molar-refractivity contribution in [3.8, 4) is 6.07 Å². The number of thiazole rings is 1. The Balaban J connectivity index is 1.66. The molecule has 0 radical (unpaired) electrons. The molecule has 3 rings (SSSR count). The van der Waals surface area contributed by atoms with Gasteiger partial charge in [0.2, 0.25) is 5.95 Å². The number of nitriles is 1. The minimum Gasteiger partial charge on any atom is -0.354 e. The lowest BCUT2D eigenvalue weighted by Gasteiger charge is -2.14. The van der Waals surface area contributed by atoms with Gasteiger partial charge in [0.1, 0.15) is 23.6 Å². The van der Waals surface area contributed by atoms with Gasteiger partial charge in [-0.1, -0.05) is 20.8 Å². The van der Waals surface area contributed by atoms with Crippen molar-refractivity contribution in [3.05, 3.63) is 46.7 Å². The van der Waals surface area contributed by atoms with Crippen molar-refractivity contribution in [1.82, 2.24) is 29.7 Å². The van der Waals surface area contributed by atoms with Crippen molar-refractivity contribution in [1.29, 1.82) is 5.26 Å². The molecule has 0 aliphatic rings. The van der Waals surface area contributed by atoms with E-state index in [1.807, 2.05) is 5.38 Å². The molecule has 3 aromatic heterocycles. The highest BCUT2D eigenvalue weighted by atomic mass is 32.1. The summed E-state index contributed by atoms with van der Waals surface area (Å²) < 4.78 is 1.78. The van der Waals surface area contributed by atoms with Crippen LogP contribution in [0.1, 0.15) is 49.5 Å². The Labute approximate surface area is 162 Å². The molecule has 3 aromatic rings. The van der Waals surface area contributed by atoms with Crippen LogP contribution in [0, 0.1) is 11.3 Å². The Morgan fingerprint density at radius 2 is 2.19 bits per heavy atom. The highest BCUT2D eigenvalue weighted by molar-refractivity contribution is 7.09. The van der Waals surface area contributed by atoms with E-state index in [0.717, 1.165) is 23.7 Å². The van der Waals surface area contributed by atoms with E-state index in [0.29, 0.717) is 18.2 Å². The zero-order valence-corrected chi connectivity index (χ0v) is 16.4. The van der Waals surface area contributed by atoms with E-state index in [-0.39, 0.29) is 5.41 Å². The van der Waals surface area contributed by atoms with Gasteiger partial charge in [0.15, 0.2) is 0 Å². The minimum atomic E-state index is -0.496. The first-order valence-electron chi connectivity index (χ1n) is 8.72. The van der Waals surface area contributed by atoms with Crippen LogP contribution in [0.5, 0.6) is 0 Å². The summed E-state index contributed by atoms with van der Waals surface area (Å²) >= 11 is 1.50. The van der Waals surface area contributed by atoms with Gasteiger partial charge in [-0.2, -0.15) is 10.4 Å². The molecule has 27 heavy (non-hydrogen) atoms. The van der Waals surface area contributed by atoms with E-state index in [1.54, 1.807) is 23.3 Å². The van der Waals surface area contributed by atoms with Gasteiger partial charge >= 0.3 is 0 Å². The summed E-state index contributed by atoms with van der Waals surface area (Å²) in [5, 5.41) is 19.7. The molecule has 0 saturated carbocycles. The van der Waals surface area contributed by atoms with Gasteiger partial charge < -0.3 is 5.32 Å². The van der Waals surface area contributed by atoms with Crippen molar-refractivity contribution in [2.75, 3.05) is 11.9 Å². The molecule has 0 spiro atoms. The predicted octanol–water partition coefficient (Wildman–Crippen LogP) is 2.98. The van der Waals surface area contributed by atoms with Crippen molar-refractivity contribution >= 4 is 17.3 Å². The second-order valence-corrected chi connectivity index (χ2v) is 8.02.